The molecule has 0 heterocycles. The van der Waals surface area contributed by atoms with Gasteiger partial charge < -0.3 is 15.8 Å². The number of nitrogens with one attached hydrogen (secondary N) is 1. The third kappa shape index (κ3) is 6.03. The van der Waals surface area contributed by atoms with Gasteiger partial charge in [0.25, 0.3) is 0 Å². The number of aliphatic imine (C=N–C) groups is 1. The van der Waals surface area contributed by atoms with Crippen molar-refractivity contribution in [2.24, 2.45) is 10.7 Å². The Labute approximate surface area is 132 Å². The second-order valence-electron chi connectivity index (χ2n) is 5.17. The van der Waals surface area contributed by atoms with Gasteiger partial charge in [0.1, 0.15) is 0 Å². The van der Waals surface area contributed by atoms with E-state index >= 15 is 0 Å². The van der Waals surface area contributed by atoms with E-state index in [4.69, 9.17) is 10.5 Å². The van der Waals surface area contributed by atoms with Gasteiger partial charge in [-0.3, -0.25) is 0 Å². The minimum absolute atomic E-state index is 0.0111. The molecule has 7 heteroatoms. The first-order chi connectivity index (χ1) is 10.4. The van der Waals surface area contributed by atoms with Crippen molar-refractivity contribution in [1.29, 1.82) is 0 Å². The maximum absolute atomic E-state index is 12.4. The van der Waals surface area contributed by atoms with Gasteiger partial charge in [-0.25, -0.2) is 13.4 Å². The van der Waals surface area contributed by atoms with Gasteiger partial charge in [-0.2, -0.15) is 0 Å². The van der Waals surface area contributed by atoms with E-state index in [0.29, 0.717) is 17.9 Å². The molecule has 22 heavy (non-hydrogen) atoms. The van der Waals surface area contributed by atoms with Crippen LogP contribution in [-0.4, -0.2) is 45.9 Å². The molecule has 1 aromatic rings. The van der Waals surface area contributed by atoms with E-state index in [2.05, 4.69) is 10.3 Å². The Morgan fingerprint density at radius 1 is 1.36 bits per heavy atom. The van der Waals surface area contributed by atoms with E-state index in [1.165, 1.54) is 0 Å². The molecule has 1 rings (SSSR count). The third-order valence-corrected chi connectivity index (χ3v) is 4.93. The first-order valence-electron chi connectivity index (χ1n) is 7.25. The molecule has 124 valence electrons. The predicted octanol–water partition coefficient (Wildman–Crippen LogP) is 1.18. The quantitative estimate of drug-likeness (QED) is 0.552. The van der Waals surface area contributed by atoms with Crippen molar-refractivity contribution >= 4 is 15.8 Å². The largest absolute Gasteiger partial charge is 0.383 e. The molecule has 6 nitrogen and oxygen atoms in total. The molecule has 0 saturated heterocycles. The molecular weight excluding hydrogens is 302 g/mol. The highest BCUT2D eigenvalue weighted by molar-refractivity contribution is 7.91. The van der Waals surface area contributed by atoms with Crippen LogP contribution in [0, 0.1) is 0 Å². The van der Waals surface area contributed by atoms with Crippen LogP contribution in [0.2, 0.25) is 0 Å². The monoisotopic (exact) mass is 327 g/mol. The topological polar surface area (TPSA) is 93.8 Å². The van der Waals surface area contributed by atoms with Crippen molar-refractivity contribution in [3.8, 4) is 0 Å². The van der Waals surface area contributed by atoms with E-state index in [0.717, 1.165) is 0 Å². The van der Waals surface area contributed by atoms with Crippen molar-refractivity contribution in [3.63, 3.8) is 0 Å². The van der Waals surface area contributed by atoms with Gasteiger partial charge in [0.05, 0.1) is 23.3 Å². The van der Waals surface area contributed by atoms with E-state index in [-0.39, 0.29) is 23.8 Å². The lowest BCUT2D eigenvalue weighted by molar-refractivity contribution is 0.179. The van der Waals surface area contributed by atoms with Crippen LogP contribution in [0.15, 0.2) is 40.2 Å². The highest BCUT2D eigenvalue weighted by atomic mass is 32.2. The van der Waals surface area contributed by atoms with Crippen molar-refractivity contribution in [1.82, 2.24) is 5.32 Å². The van der Waals surface area contributed by atoms with Crippen LogP contribution in [-0.2, 0) is 14.6 Å². The zero-order valence-electron chi connectivity index (χ0n) is 13.3. The molecule has 0 bridgehead atoms. The highest BCUT2D eigenvalue weighted by Crippen LogP contribution is 2.13. The Balaban J connectivity index is 2.76. The van der Waals surface area contributed by atoms with Crippen LogP contribution in [0.4, 0.5) is 0 Å². The molecule has 2 atom stereocenters. The normalized spacial score (nSPS) is 15.3. The van der Waals surface area contributed by atoms with Crippen LogP contribution < -0.4 is 11.1 Å². The van der Waals surface area contributed by atoms with Gasteiger partial charge in [-0.05, 0) is 25.5 Å². The van der Waals surface area contributed by atoms with Crippen molar-refractivity contribution < 1.29 is 13.2 Å². The zero-order valence-corrected chi connectivity index (χ0v) is 14.1. The fourth-order valence-electron chi connectivity index (χ4n) is 2.00. The Bertz CT molecular complexity index is 573. The Hall–Kier alpha value is -1.60. The molecule has 0 saturated carbocycles. The van der Waals surface area contributed by atoms with Crippen LogP contribution in [0.3, 0.4) is 0 Å². The summed E-state index contributed by atoms with van der Waals surface area (Å²) >= 11 is 0. The SMILES string of the molecule is CCC(CS(=O)(=O)c1ccccc1)N=C(N)NC(C)COC. The second-order valence-corrected chi connectivity index (χ2v) is 7.21. The first kappa shape index (κ1) is 18.4. The maximum Gasteiger partial charge on any atom is 0.189 e. The summed E-state index contributed by atoms with van der Waals surface area (Å²) in [6.07, 6.45) is 0.590. The third-order valence-electron chi connectivity index (χ3n) is 3.12. The van der Waals surface area contributed by atoms with E-state index in [1.807, 2.05) is 13.8 Å². The number of rotatable bonds is 8. The first-order valence-corrected chi connectivity index (χ1v) is 8.90. The lowest BCUT2D eigenvalue weighted by atomic mass is 10.3. The second kappa shape index (κ2) is 8.75. The van der Waals surface area contributed by atoms with Crippen LogP contribution in [0.25, 0.3) is 0 Å². The average Bonchev–Trinajstić information content (AvgIpc) is 2.47. The number of hydrogen-bond acceptors (Lipinski definition) is 4. The molecule has 0 aliphatic heterocycles. The number of hydrogen-bond donors (Lipinski definition) is 2. The van der Waals surface area contributed by atoms with E-state index < -0.39 is 9.84 Å². The van der Waals surface area contributed by atoms with Gasteiger partial charge in [-0.1, -0.05) is 25.1 Å². The average molecular weight is 327 g/mol. The molecule has 0 amide bonds. The predicted molar refractivity (Wildman–Crippen MR) is 88.7 cm³/mol. The summed E-state index contributed by atoms with van der Waals surface area (Å²) in [7, 11) is -1.77. The molecule has 0 spiro atoms. The summed E-state index contributed by atoms with van der Waals surface area (Å²) in [5, 5.41) is 2.98. The molecule has 0 fully saturated rings. The minimum Gasteiger partial charge on any atom is -0.383 e. The number of methoxy groups -OCH3 is 1. The maximum atomic E-state index is 12.4. The standard InChI is InChI=1S/C15H25N3O3S/c1-4-13(18-15(16)17-12(2)10-21-3)11-22(19,20)14-8-6-5-7-9-14/h5-9,12-13H,4,10-11H2,1-3H3,(H3,16,17,18). The molecule has 1 aromatic carbocycles. The number of benzene rings is 1. The van der Waals surface area contributed by atoms with Gasteiger partial charge in [0.15, 0.2) is 15.8 Å². The van der Waals surface area contributed by atoms with Gasteiger partial charge in [0, 0.05) is 13.2 Å². The van der Waals surface area contributed by atoms with Gasteiger partial charge in [0.2, 0.25) is 0 Å². The Morgan fingerprint density at radius 3 is 2.55 bits per heavy atom. The van der Waals surface area contributed by atoms with Gasteiger partial charge >= 0.3 is 0 Å². The summed E-state index contributed by atoms with van der Waals surface area (Å²) in [5.41, 5.74) is 5.83. The van der Waals surface area contributed by atoms with Crippen molar-refractivity contribution in [3.05, 3.63) is 30.3 Å². The molecule has 0 aromatic heterocycles. The Kier molecular flexibility index (Phi) is 7.34. The lowest BCUT2D eigenvalue weighted by Crippen LogP contribution is -2.41. The summed E-state index contributed by atoms with van der Waals surface area (Å²) < 4.78 is 29.7. The van der Waals surface area contributed by atoms with E-state index in [1.54, 1.807) is 37.4 Å². The van der Waals surface area contributed by atoms with E-state index in [9.17, 15) is 8.42 Å². The number of nitrogens with zero attached hydrogens (tertiary/aromatic N) is 1. The molecule has 3 N–H and O–H groups in total. The smallest absolute Gasteiger partial charge is 0.189 e. The fourth-order valence-corrected chi connectivity index (χ4v) is 3.58. The molecule has 0 aliphatic carbocycles. The van der Waals surface area contributed by atoms with Crippen molar-refractivity contribution in [2.45, 2.75) is 37.2 Å². The van der Waals surface area contributed by atoms with Crippen LogP contribution in [0.1, 0.15) is 20.3 Å². The summed E-state index contributed by atoms with van der Waals surface area (Å²) in [4.78, 5) is 4.58. The molecule has 0 aliphatic rings. The number of ether oxygens (including phenoxy) is 1. The number of sulfone groups is 1. The molecular formula is C15H25N3O3S. The number of nitrogens with two attached hydrogens (primary N) is 1. The molecule has 0 radical (unpaired) electrons. The Morgan fingerprint density at radius 2 is 2.00 bits per heavy atom. The summed E-state index contributed by atoms with van der Waals surface area (Å²) in [5.74, 6) is 0.175. The van der Waals surface area contributed by atoms with Crippen LogP contribution in [0.5, 0.6) is 0 Å². The molecule has 2 unspecified atom stereocenters. The van der Waals surface area contributed by atoms with Gasteiger partial charge in [-0.15, -0.1) is 0 Å². The minimum atomic E-state index is -3.37. The van der Waals surface area contributed by atoms with Crippen LogP contribution >= 0.6 is 0 Å². The number of guanidine groups is 1. The summed E-state index contributed by atoms with van der Waals surface area (Å²) in [6, 6.07) is 8.01. The zero-order chi connectivity index (χ0) is 16.6. The van der Waals surface area contributed by atoms with Crippen molar-refractivity contribution in [2.75, 3.05) is 19.5 Å². The highest BCUT2D eigenvalue weighted by Gasteiger charge is 2.20. The fraction of sp³-hybridized carbons (Fsp3) is 0.533. The summed E-state index contributed by atoms with van der Waals surface area (Å²) in [6.45, 7) is 4.30. The lowest BCUT2D eigenvalue weighted by Gasteiger charge is -2.16.